The predicted molar refractivity (Wildman–Crippen MR) is 66.9 cm³/mol. The van der Waals surface area contributed by atoms with Gasteiger partial charge in [0.15, 0.2) is 5.82 Å². The van der Waals surface area contributed by atoms with Crippen molar-refractivity contribution < 1.29 is 22.3 Å². The van der Waals surface area contributed by atoms with E-state index in [4.69, 9.17) is 10.8 Å². The summed E-state index contributed by atoms with van der Waals surface area (Å²) in [7, 11) is -4.16. The van der Waals surface area contributed by atoms with Gasteiger partial charge in [-0.15, -0.1) is 0 Å². The third-order valence-electron chi connectivity index (χ3n) is 2.43. The molecule has 0 heterocycles. The van der Waals surface area contributed by atoms with Gasteiger partial charge in [-0.3, -0.25) is 0 Å². The summed E-state index contributed by atoms with van der Waals surface area (Å²) >= 11 is 0. The molecule has 1 rings (SSSR count). The van der Waals surface area contributed by atoms with Gasteiger partial charge < -0.3 is 10.8 Å². The van der Waals surface area contributed by atoms with Gasteiger partial charge in [0.2, 0.25) is 10.0 Å². The molecule has 1 aromatic carbocycles. The Balaban J connectivity index is 3.05. The van der Waals surface area contributed by atoms with E-state index in [-0.39, 0.29) is 6.42 Å². The second-order valence-corrected chi connectivity index (χ2v) is 6.06. The highest BCUT2D eigenvalue weighted by atomic mass is 32.2. The van der Waals surface area contributed by atoms with Crippen molar-refractivity contribution in [2.24, 2.45) is 0 Å². The average Bonchev–Trinajstić information content (AvgIpc) is 2.23. The van der Waals surface area contributed by atoms with E-state index >= 15 is 0 Å². The van der Waals surface area contributed by atoms with Gasteiger partial charge in [-0.05, 0) is 32.4 Å². The van der Waals surface area contributed by atoms with Crippen LogP contribution in [-0.4, -0.2) is 25.7 Å². The molecule has 2 atom stereocenters. The average molecular weight is 294 g/mol. The van der Waals surface area contributed by atoms with Crippen LogP contribution in [0.1, 0.15) is 20.3 Å². The third-order valence-corrected chi connectivity index (χ3v) is 4.04. The second-order valence-electron chi connectivity index (χ2n) is 4.38. The number of nitrogen functional groups attached to an aromatic ring is 1. The minimum atomic E-state index is -4.16. The number of nitrogens with two attached hydrogens (primary N) is 1. The van der Waals surface area contributed by atoms with Crippen molar-refractivity contribution in [2.45, 2.75) is 37.3 Å². The second kappa shape index (κ2) is 5.81. The van der Waals surface area contributed by atoms with Crippen molar-refractivity contribution in [3.63, 3.8) is 0 Å². The molecule has 1 aromatic rings. The Morgan fingerprint density at radius 2 is 1.95 bits per heavy atom. The number of hydrogen-bond donors (Lipinski definition) is 3. The molecule has 0 fully saturated rings. The molecule has 0 spiro atoms. The molecule has 0 aliphatic carbocycles. The number of aliphatic hydroxyl groups is 1. The van der Waals surface area contributed by atoms with Crippen LogP contribution < -0.4 is 10.5 Å². The number of sulfonamides is 1. The summed E-state index contributed by atoms with van der Waals surface area (Å²) in [5.74, 6) is -2.34. The summed E-state index contributed by atoms with van der Waals surface area (Å²) in [6, 6.07) is 0.987. The fraction of sp³-hybridized carbons (Fsp3) is 0.455. The fourth-order valence-electron chi connectivity index (χ4n) is 1.65. The largest absolute Gasteiger partial charge is 0.394 e. The molecular formula is C11H16F2N2O3S. The van der Waals surface area contributed by atoms with Crippen molar-refractivity contribution in [1.82, 2.24) is 4.72 Å². The molecule has 0 amide bonds. The first-order valence-corrected chi connectivity index (χ1v) is 7.07. The van der Waals surface area contributed by atoms with Crippen LogP contribution in [0, 0.1) is 11.6 Å². The highest BCUT2D eigenvalue weighted by molar-refractivity contribution is 7.89. The van der Waals surface area contributed by atoms with Crippen molar-refractivity contribution in [3.8, 4) is 0 Å². The lowest BCUT2D eigenvalue weighted by Crippen LogP contribution is -2.35. The first kappa shape index (κ1) is 15.8. The molecule has 8 heteroatoms. The molecule has 0 radical (unpaired) electrons. The van der Waals surface area contributed by atoms with Gasteiger partial charge >= 0.3 is 0 Å². The Morgan fingerprint density at radius 1 is 1.37 bits per heavy atom. The van der Waals surface area contributed by atoms with E-state index in [0.717, 1.165) is 12.1 Å². The van der Waals surface area contributed by atoms with Gasteiger partial charge in [-0.2, -0.15) is 0 Å². The SMILES string of the molecule is CC(O)CC(C)NS(=O)(=O)c1ccc(F)c(N)c1F. The third kappa shape index (κ3) is 3.85. The number of hydrogen-bond acceptors (Lipinski definition) is 4. The minimum Gasteiger partial charge on any atom is -0.394 e. The Hall–Kier alpha value is -1.25. The molecular weight excluding hydrogens is 278 g/mol. The van der Waals surface area contributed by atoms with Gasteiger partial charge in [0.25, 0.3) is 0 Å². The van der Waals surface area contributed by atoms with E-state index in [2.05, 4.69) is 4.72 Å². The molecule has 0 aliphatic heterocycles. The van der Waals surface area contributed by atoms with Gasteiger partial charge in [-0.1, -0.05) is 0 Å². The van der Waals surface area contributed by atoms with Crippen LogP contribution in [0.4, 0.5) is 14.5 Å². The van der Waals surface area contributed by atoms with E-state index in [9.17, 15) is 17.2 Å². The molecule has 19 heavy (non-hydrogen) atoms. The normalized spacial score (nSPS) is 15.2. The van der Waals surface area contributed by atoms with Gasteiger partial charge in [0, 0.05) is 6.04 Å². The molecule has 0 saturated carbocycles. The fourth-order valence-corrected chi connectivity index (χ4v) is 2.99. The summed E-state index contributed by atoms with van der Waals surface area (Å²) in [6.07, 6.45) is -0.543. The van der Waals surface area contributed by atoms with Crippen molar-refractivity contribution in [3.05, 3.63) is 23.8 Å². The lowest BCUT2D eigenvalue weighted by Gasteiger charge is -2.16. The summed E-state index contributed by atoms with van der Waals surface area (Å²) in [6.45, 7) is 3.02. The van der Waals surface area contributed by atoms with Crippen LogP contribution in [0.25, 0.3) is 0 Å². The Morgan fingerprint density at radius 3 is 2.47 bits per heavy atom. The molecule has 0 saturated heterocycles. The monoisotopic (exact) mass is 294 g/mol. The number of halogens is 2. The van der Waals surface area contributed by atoms with Gasteiger partial charge in [0.05, 0.1) is 6.10 Å². The minimum absolute atomic E-state index is 0.164. The lowest BCUT2D eigenvalue weighted by molar-refractivity contribution is 0.175. The van der Waals surface area contributed by atoms with Gasteiger partial charge in [-0.25, -0.2) is 21.9 Å². The molecule has 0 aliphatic rings. The quantitative estimate of drug-likeness (QED) is 0.706. The van der Waals surface area contributed by atoms with Crippen molar-refractivity contribution in [1.29, 1.82) is 0 Å². The number of aliphatic hydroxyl groups excluding tert-OH is 1. The topological polar surface area (TPSA) is 92.4 Å². The van der Waals surface area contributed by atoms with Crippen LogP contribution >= 0.6 is 0 Å². The number of rotatable bonds is 5. The first-order valence-electron chi connectivity index (χ1n) is 5.59. The maximum Gasteiger partial charge on any atom is 0.243 e. The number of nitrogens with one attached hydrogen (secondary N) is 1. The highest BCUT2D eigenvalue weighted by Crippen LogP contribution is 2.22. The standard InChI is InChI=1S/C11H16F2N2O3S/c1-6(5-7(2)16)15-19(17,18)9-4-3-8(12)11(14)10(9)13/h3-4,6-7,15-16H,5,14H2,1-2H3. The first-order chi connectivity index (χ1) is 8.65. The maximum atomic E-state index is 13.6. The summed E-state index contributed by atoms with van der Waals surface area (Å²) in [5, 5.41) is 9.15. The van der Waals surface area contributed by atoms with Crippen LogP contribution in [0.5, 0.6) is 0 Å². The van der Waals surface area contributed by atoms with E-state index in [1.807, 2.05) is 0 Å². The summed E-state index contributed by atoms with van der Waals surface area (Å²) in [5.41, 5.74) is 4.27. The zero-order chi connectivity index (χ0) is 14.8. The summed E-state index contributed by atoms with van der Waals surface area (Å²) < 4.78 is 52.6. The summed E-state index contributed by atoms with van der Waals surface area (Å²) in [4.78, 5) is -0.719. The van der Waals surface area contributed by atoms with E-state index in [1.165, 1.54) is 13.8 Å². The Bertz CT molecular complexity index is 561. The molecule has 2 unspecified atom stereocenters. The molecule has 5 nitrogen and oxygen atoms in total. The molecule has 0 bridgehead atoms. The highest BCUT2D eigenvalue weighted by Gasteiger charge is 2.24. The van der Waals surface area contributed by atoms with E-state index < -0.39 is 44.4 Å². The van der Waals surface area contributed by atoms with Crippen LogP contribution in [0.2, 0.25) is 0 Å². The smallest absolute Gasteiger partial charge is 0.243 e. The van der Waals surface area contributed by atoms with Gasteiger partial charge in [0.1, 0.15) is 16.4 Å². The molecule has 4 N–H and O–H groups in total. The zero-order valence-electron chi connectivity index (χ0n) is 10.5. The van der Waals surface area contributed by atoms with Crippen molar-refractivity contribution >= 4 is 15.7 Å². The Labute approximate surface area is 110 Å². The molecule has 108 valence electrons. The van der Waals surface area contributed by atoms with Crippen LogP contribution in [0.3, 0.4) is 0 Å². The zero-order valence-corrected chi connectivity index (χ0v) is 11.3. The number of anilines is 1. The van der Waals surface area contributed by atoms with Crippen LogP contribution in [-0.2, 0) is 10.0 Å². The lowest BCUT2D eigenvalue weighted by atomic mass is 10.2. The Kier molecular flexibility index (Phi) is 4.83. The molecule has 0 aromatic heterocycles. The van der Waals surface area contributed by atoms with Crippen LogP contribution in [0.15, 0.2) is 17.0 Å². The van der Waals surface area contributed by atoms with E-state index in [0.29, 0.717) is 0 Å². The van der Waals surface area contributed by atoms with Crippen molar-refractivity contribution in [2.75, 3.05) is 5.73 Å². The number of benzene rings is 1. The van der Waals surface area contributed by atoms with E-state index in [1.54, 1.807) is 0 Å². The predicted octanol–water partition coefficient (Wildman–Crippen LogP) is 0.985. The maximum absolute atomic E-state index is 13.6.